The first-order chi connectivity index (χ1) is 33.5. The molecule has 4 aliphatic carbocycles. The van der Waals surface area contributed by atoms with Gasteiger partial charge in [-0.3, -0.25) is 9.13 Å². The van der Waals surface area contributed by atoms with Crippen molar-refractivity contribution >= 4 is 65.2 Å². The zero-order chi connectivity index (χ0) is 44.5. The normalized spacial score (nSPS) is 14.4. The molecule has 8 aromatic carbocycles. The third-order valence-electron chi connectivity index (χ3n) is 16.6. The Morgan fingerprint density at radius 3 is 1.26 bits per heavy atom. The number of nitrogens with zero attached hydrogens (tertiary/aromatic N) is 4. The molecule has 68 heavy (non-hydrogen) atoms. The van der Waals surface area contributed by atoms with E-state index in [1.54, 1.807) is 0 Å². The molecule has 4 heteroatoms. The molecule has 4 aliphatic rings. The number of benzene rings is 8. The molecule has 0 aliphatic heterocycles. The molecule has 0 atom stereocenters. The Balaban J connectivity index is 0.963. The van der Waals surface area contributed by atoms with E-state index in [1.807, 2.05) is 12.4 Å². The van der Waals surface area contributed by atoms with Crippen molar-refractivity contribution in [3.8, 4) is 45.0 Å². The molecule has 322 valence electrons. The van der Waals surface area contributed by atoms with Crippen molar-refractivity contribution in [2.75, 3.05) is 0 Å². The molecule has 12 aromatic rings. The average Bonchev–Trinajstić information content (AvgIpc) is 4.15. The van der Waals surface area contributed by atoms with Crippen molar-refractivity contribution in [3.63, 3.8) is 0 Å². The van der Waals surface area contributed by atoms with Crippen molar-refractivity contribution in [2.45, 2.75) is 65.2 Å². The van der Waals surface area contributed by atoms with Gasteiger partial charge in [0.05, 0.1) is 22.1 Å². The first-order valence-corrected chi connectivity index (χ1v) is 24.7. The van der Waals surface area contributed by atoms with Crippen LogP contribution in [-0.2, 0) is 51.4 Å². The first kappa shape index (κ1) is 37.3. The van der Waals surface area contributed by atoms with E-state index < -0.39 is 0 Å². The molecule has 0 amide bonds. The minimum Gasteiger partial charge on any atom is -0.293 e. The summed E-state index contributed by atoms with van der Waals surface area (Å²) in [6.45, 7) is 4.37. The van der Waals surface area contributed by atoms with Crippen molar-refractivity contribution in [1.29, 1.82) is 0 Å². The fraction of sp³-hybridized carbons (Fsp3) is 0.156. The van der Waals surface area contributed by atoms with Crippen LogP contribution in [0.15, 0.2) is 146 Å². The summed E-state index contributed by atoms with van der Waals surface area (Å²) in [6, 6.07) is 51.7. The second-order valence-corrected chi connectivity index (χ2v) is 20.3. The first-order valence-electron chi connectivity index (χ1n) is 24.7. The largest absolute Gasteiger partial charge is 0.293 e. The van der Waals surface area contributed by atoms with Crippen LogP contribution >= 0.6 is 0 Å². The molecule has 0 radical (unpaired) electrons. The van der Waals surface area contributed by atoms with Crippen LogP contribution in [0.4, 0.5) is 0 Å². The Morgan fingerprint density at radius 1 is 0.368 bits per heavy atom. The van der Waals surface area contributed by atoms with Gasteiger partial charge in [0.15, 0.2) is 0 Å². The second-order valence-electron chi connectivity index (χ2n) is 20.3. The monoisotopic (exact) mass is 870 g/mol. The molecule has 0 spiro atoms. The van der Waals surface area contributed by atoms with Gasteiger partial charge in [-0.15, -0.1) is 0 Å². The number of aromatic nitrogens is 4. The molecular weight excluding hydrogens is 825 g/mol. The number of pyridine rings is 2. The van der Waals surface area contributed by atoms with Crippen LogP contribution in [0.3, 0.4) is 0 Å². The van der Waals surface area contributed by atoms with E-state index in [0.29, 0.717) is 0 Å². The van der Waals surface area contributed by atoms with Gasteiger partial charge < -0.3 is 0 Å². The molecular formula is C64H46N4. The highest BCUT2D eigenvalue weighted by atomic mass is 15.1. The summed E-state index contributed by atoms with van der Waals surface area (Å²) >= 11 is 0. The summed E-state index contributed by atoms with van der Waals surface area (Å²) in [5, 5.41) is 11.0. The summed E-state index contributed by atoms with van der Waals surface area (Å²) in [4.78, 5) is 10.2. The highest BCUT2D eigenvalue weighted by molar-refractivity contribution is 6.18. The maximum atomic E-state index is 5.10. The maximum absolute atomic E-state index is 5.10. The van der Waals surface area contributed by atoms with Crippen molar-refractivity contribution in [3.05, 3.63) is 201 Å². The number of hydrogen-bond acceptors (Lipinski definition) is 2. The van der Waals surface area contributed by atoms with E-state index in [4.69, 9.17) is 9.97 Å². The predicted molar refractivity (Wildman–Crippen MR) is 281 cm³/mol. The molecule has 0 fully saturated rings. The summed E-state index contributed by atoms with van der Waals surface area (Å²) in [7, 11) is 0. The topological polar surface area (TPSA) is 35.6 Å². The van der Waals surface area contributed by atoms with Gasteiger partial charge in [0.1, 0.15) is 11.6 Å². The zero-order valence-electron chi connectivity index (χ0n) is 38.3. The maximum Gasteiger partial charge on any atom is 0.137 e. The third kappa shape index (κ3) is 4.94. The smallest absolute Gasteiger partial charge is 0.137 e. The summed E-state index contributed by atoms with van der Waals surface area (Å²) in [6.07, 6.45) is 12.4. The molecule has 0 unspecified atom stereocenters. The molecule has 4 nitrogen and oxygen atoms in total. The summed E-state index contributed by atoms with van der Waals surface area (Å²) < 4.78 is 5.00. The molecule has 16 rings (SSSR count). The van der Waals surface area contributed by atoms with E-state index in [1.165, 1.54) is 154 Å². The minimum atomic E-state index is 0.978. The van der Waals surface area contributed by atoms with Gasteiger partial charge in [0, 0.05) is 33.9 Å². The lowest BCUT2D eigenvalue weighted by atomic mass is 9.74. The Hall–Kier alpha value is -7.82. The summed E-state index contributed by atoms with van der Waals surface area (Å²) in [5.41, 5.74) is 27.4. The average molecular weight is 871 g/mol. The molecule has 0 N–H and O–H groups in total. The molecule has 4 heterocycles. The molecule has 0 saturated heterocycles. The lowest BCUT2D eigenvalue weighted by Gasteiger charge is -2.31. The number of aryl methyl sites for hydroxylation is 10. The van der Waals surface area contributed by atoms with Crippen molar-refractivity contribution in [1.82, 2.24) is 19.1 Å². The second kappa shape index (κ2) is 13.4. The van der Waals surface area contributed by atoms with Gasteiger partial charge in [-0.1, -0.05) is 72.8 Å². The van der Waals surface area contributed by atoms with Gasteiger partial charge >= 0.3 is 0 Å². The number of hydrogen-bond donors (Lipinski definition) is 0. The number of fused-ring (bicyclic) bond motifs is 8. The SMILES string of the molecule is Cc1ccnc(-n2c3ccc(-c4ccc5c6c(cccc46)CC5)cc3c3cc4c5c(c32)CCc2cc3c6cc(-c7ccc8c9c(cccc79)CC8)ccc6n(-c6cc(C)ccn6)c3c(c2-5)CC4)c1. The van der Waals surface area contributed by atoms with Crippen LogP contribution in [0.25, 0.3) is 110 Å². The quantitative estimate of drug-likeness (QED) is 0.177. The van der Waals surface area contributed by atoms with Crippen molar-refractivity contribution < 1.29 is 0 Å². The Kier molecular flexibility index (Phi) is 7.36. The van der Waals surface area contributed by atoms with E-state index >= 15 is 0 Å². The van der Waals surface area contributed by atoms with E-state index in [0.717, 1.165) is 63.0 Å². The third-order valence-corrected chi connectivity index (χ3v) is 16.6. The fourth-order valence-corrected chi connectivity index (χ4v) is 13.8. The predicted octanol–water partition coefficient (Wildman–Crippen LogP) is 15.0. The van der Waals surface area contributed by atoms with E-state index in [-0.39, 0.29) is 0 Å². The Bertz CT molecular complexity index is 3990. The van der Waals surface area contributed by atoms with Crippen LogP contribution < -0.4 is 0 Å². The van der Waals surface area contributed by atoms with Crippen LogP contribution in [0.1, 0.15) is 55.6 Å². The van der Waals surface area contributed by atoms with Gasteiger partial charge in [-0.2, -0.15) is 0 Å². The van der Waals surface area contributed by atoms with Gasteiger partial charge in [-0.25, -0.2) is 9.97 Å². The molecule has 0 bridgehead atoms. The lowest BCUT2D eigenvalue weighted by Crippen LogP contribution is -2.16. The zero-order valence-corrected chi connectivity index (χ0v) is 38.3. The van der Waals surface area contributed by atoms with Crippen LogP contribution in [0.2, 0.25) is 0 Å². The fourth-order valence-electron chi connectivity index (χ4n) is 13.8. The van der Waals surface area contributed by atoms with E-state index in [2.05, 4.69) is 156 Å². The van der Waals surface area contributed by atoms with Crippen LogP contribution in [0, 0.1) is 13.8 Å². The number of rotatable bonds is 4. The highest BCUT2D eigenvalue weighted by Crippen LogP contribution is 2.52. The van der Waals surface area contributed by atoms with Gasteiger partial charge in [-0.05, 0) is 236 Å². The standard InChI is InChI=1S/C64H46N4/c1-35-25-27-65-57(29-35)67-55-23-17-41(45-19-13-39-11-9-37-5-3-7-47(45)59(37)39)31-51(55)53-33-43-16-22-50-62-44(15-21-49(61(43)62)63(53)67)34-54-52-32-42(46-20-14-40-12-10-38-6-4-8-48(46)60(38)40)18-24-56(52)68(64(50)54)58-30-36(2)26-28-66-58/h3-8,13-14,17-20,23-34H,9-12,15-16,21-22H2,1-2H3. The van der Waals surface area contributed by atoms with Crippen molar-refractivity contribution in [2.24, 2.45) is 0 Å². The van der Waals surface area contributed by atoms with E-state index in [9.17, 15) is 0 Å². The lowest BCUT2D eigenvalue weighted by molar-refractivity contribution is 0.881. The highest BCUT2D eigenvalue weighted by Gasteiger charge is 2.34. The van der Waals surface area contributed by atoms with Gasteiger partial charge in [0.25, 0.3) is 0 Å². The molecule has 4 aromatic heterocycles. The van der Waals surface area contributed by atoms with Crippen LogP contribution in [0.5, 0.6) is 0 Å². The Labute approximate surface area is 394 Å². The van der Waals surface area contributed by atoms with Gasteiger partial charge in [0.2, 0.25) is 0 Å². The minimum absolute atomic E-state index is 0.978. The van der Waals surface area contributed by atoms with Crippen LogP contribution in [-0.4, -0.2) is 19.1 Å². The Morgan fingerprint density at radius 2 is 0.809 bits per heavy atom. The summed E-state index contributed by atoms with van der Waals surface area (Å²) in [5.74, 6) is 1.97. The molecule has 0 saturated carbocycles.